The first-order valence-electron chi connectivity index (χ1n) is 9.43. The highest BCUT2D eigenvalue weighted by molar-refractivity contribution is 6.30. The van der Waals surface area contributed by atoms with Crippen LogP contribution in [0.4, 0.5) is 10.6 Å². The fraction of sp³-hybridized carbons (Fsp3) is 0.381. The van der Waals surface area contributed by atoms with E-state index in [0.29, 0.717) is 16.1 Å². The number of anilines is 1. The molecular formula is C21H25ClN4O4. The number of fused-ring (bicyclic) bond motifs is 3. The summed E-state index contributed by atoms with van der Waals surface area (Å²) in [7, 11) is 0. The van der Waals surface area contributed by atoms with E-state index in [0.717, 1.165) is 10.8 Å². The summed E-state index contributed by atoms with van der Waals surface area (Å²) in [5.41, 5.74) is 4.50. The first-order valence-corrected chi connectivity index (χ1v) is 9.80. The van der Waals surface area contributed by atoms with E-state index < -0.39 is 23.3 Å². The van der Waals surface area contributed by atoms with E-state index in [1.54, 1.807) is 59.9 Å². The molecule has 0 radical (unpaired) electrons. The van der Waals surface area contributed by atoms with Crippen molar-refractivity contribution < 1.29 is 19.1 Å². The average Bonchev–Trinajstić information content (AvgIpc) is 2.96. The largest absolute Gasteiger partial charge is 0.456 e. The van der Waals surface area contributed by atoms with Crippen molar-refractivity contribution in [2.75, 3.05) is 5.43 Å². The number of ether oxygens (including phenoxy) is 2. The van der Waals surface area contributed by atoms with Crippen LogP contribution in [0.5, 0.6) is 0 Å². The normalized spacial score (nSPS) is 12.1. The van der Waals surface area contributed by atoms with E-state index in [1.165, 1.54) is 0 Å². The summed E-state index contributed by atoms with van der Waals surface area (Å²) in [5, 5.41) is 2.63. The lowest BCUT2D eigenvalue weighted by atomic mass is 10.1. The van der Waals surface area contributed by atoms with Gasteiger partial charge in [-0.15, -0.1) is 0 Å². The smallest absolute Gasteiger partial charge is 0.426 e. The number of pyridine rings is 1. The zero-order valence-corrected chi connectivity index (χ0v) is 18.5. The van der Waals surface area contributed by atoms with Crippen LogP contribution in [0, 0.1) is 0 Å². The molecule has 0 saturated heterocycles. The number of halogens is 1. The second-order valence-corrected chi connectivity index (χ2v) is 9.24. The number of carbonyl (C=O) groups excluding carboxylic acids is 2. The Hall–Kier alpha value is -3.00. The Morgan fingerprint density at radius 3 is 2.33 bits per heavy atom. The highest BCUT2D eigenvalue weighted by Crippen LogP contribution is 2.33. The number of hydrazine groups is 1. The van der Waals surface area contributed by atoms with Crippen molar-refractivity contribution in [3.05, 3.63) is 35.1 Å². The molecule has 3 N–H and O–H groups in total. The molecule has 0 aliphatic rings. The maximum Gasteiger partial charge on any atom is 0.426 e. The van der Waals surface area contributed by atoms with Gasteiger partial charge in [0.25, 0.3) is 0 Å². The van der Waals surface area contributed by atoms with Crippen molar-refractivity contribution in [2.45, 2.75) is 52.7 Å². The Morgan fingerprint density at radius 1 is 1.03 bits per heavy atom. The Morgan fingerprint density at radius 2 is 1.70 bits per heavy atom. The van der Waals surface area contributed by atoms with Gasteiger partial charge in [0.2, 0.25) is 0 Å². The molecule has 0 aliphatic carbocycles. The fourth-order valence-electron chi connectivity index (χ4n) is 2.87. The lowest BCUT2D eigenvalue weighted by Gasteiger charge is -2.21. The van der Waals surface area contributed by atoms with Gasteiger partial charge in [-0.05, 0) is 47.6 Å². The molecule has 1 aromatic carbocycles. The maximum absolute atomic E-state index is 13.0. The van der Waals surface area contributed by atoms with Crippen LogP contribution in [-0.2, 0) is 9.47 Å². The highest BCUT2D eigenvalue weighted by atomic mass is 35.5. The number of aromatic amines is 1. The van der Waals surface area contributed by atoms with Crippen molar-refractivity contribution in [3.63, 3.8) is 0 Å². The molecule has 160 valence electrons. The van der Waals surface area contributed by atoms with Gasteiger partial charge < -0.3 is 14.5 Å². The third-order valence-corrected chi connectivity index (χ3v) is 4.12. The maximum atomic E-state index is 13.0. The van der Waals surface area contributed by atoms with Gasteiger partial charge in [-0.3, -0.25) is 5.43 Å². The lowest BCUT2D eigenvalue weighted by molar-refractivity contribution is 0.00722. The van der Waals surface area contributed by atoms with Gasteiger partial charge in [0.15, 0.2) is 5.82 Å². The van der Waals surface area contributed by atoms with Gasteiger partial charge in [0.1, 0.15) is 21.9 Å². The Kier molecular flexibility index (Phi) is 5.56. The Bertz CT molecular complexity index is 1130. The molecule has 0 saturated carbocycles. The molecule has 0 bridgehead atoms. The molecular weight excluding hydrogens is 408 g/mol. The summed E-state index contributed by atoms with van der Waals surface area (Å²) in [4.78, 5) is 32.5. The Balaban J connectivity index is 2.08. The summed E-state index contributed by atoms with van der Waals surface area (Å²) in [6, 6.07) is 5.37. The highest BCUT2D eigenvalue weighted by Gasteiger charge is 2.27. The number of nitrogens with zero attached hydrogens (tertiary/aromatic N) is 1. The zero-order chi connectivity index (χ0) is 22.3. The zero-order valence-electron chi connectivity index (χ0n) is 17.8. The van der Waals surface area contributed by atoms with Crippen molar-refractivity contribution in [1.29, 1.82) is 0 Å². The van der Waals surface area contributed by atoms with Crippen LogP contribution in [0.25, 0.3) is 21.7 Å². The molecule has 2 aromatic heterocycles. The minimum Gasteiger partial charge on any atom is -0.456 e. The van der Waals surface area contributed by atoms with E-state index in [-0.39, 0.29) is 11.4 Å². The third-order valence-electron chi connectivity index (χ3n) is 3.90. The second-order valence-electron chi connectivity index (χ2n) is 8.83. The number of hydrogen-bond acceptors (Lipinski definition) is 6. The average molecular weight is 433 g/mol. The summed E-state index contributed by atoms with van der Waals surface area (Å²) in [5.74, 6) is -0.409. The van der Waals surface area contributed by atoms with Gasteiger partial charge >= 0.3 is 12.1 Å². The standard InChI is InChI=1S/C21H25ClN4O4/c1-20(2,3)29-18(27)15-12-8-7-11-10-23-14(22)9-13(11)16(12)24-17(15)25-26-19(28)30-21(4,5)6/h7-10,23H,1-6H3,(H,24,25)(H,26,28). The van der Waals surface area contributed by atoms with E-state index in [9.17, 15) is 9.59 Å². The van der Waals surface area contributed by atoms with E-state index in [4.69, 9.17) is 21.1 Å². The van der Waals surface area contributed by atoms with Gasteiger partial charge in [-0.1, -0.05) is 23.7 Å². The van der Waals surface area contributed by atoms with E-state index >= 15 is 0 Å². The Labute approximate surface area is 179 Å². The quantitative estimate of drug-likeness (QED) is 0.299. The van der Waals surface area contributed by atoms with E-state index in [1.807, 2.05) is 6.07 Å². The van der Waals surface area contributed by atoms with Crippen LogP contribution in [0.1, 0.15) is 51.9 Å². The number of carbonyl (C=O) groups is 2. The van der Waals surface area contributed by atoms with Crippen molar-refractivity contribution in [3.8, 4) is 0 Å². The number of benzene rings is 1. The van der Waals surface area contributed by atoms with Crippen molar-refractivity contribution in [2.24, 2.45) is 0 Å². The van der Waals surface area contributed by atoms with Gasteiger partial charge in [-0.2, -0.15) is 0 Å². The molecule has 3 rings (SSSR count). The predicted molar refractivity (Wildman–Crippen MR) is 117 cm³/mol. The number of amides is 1. The first-order chi connectivity index (χ1) is 13.8. The van der Waals surface area contributed by atoms with Crippen molar-refractivity contribution >= 4 is 51.2 Å². The van der Waals surface area contributed by atoms with Crippen LogP contribution in [0.15, 0.2) is 24.4 Å². The summed E-state index contributed by atoms with van der Waals surface area (Å²) < 4.78 is 10.8. The predicted octanol–water partition coefficient (Wildman–Crippen LogP) is 5.18. The fourth-order valence-corrected chi connectivity index (χ4v) is 3.04. The van der Waals surface area contributed by atoms with Gasteiger partial charge in [0, 0.05) is 22.4 Å². The molecule has 8 nitrogen and oxygen atoms in total. The number of aromatic nitrogens is 2. The van der Waals surface area contributed by atoms with Crippen LogP contribution < -0.4 is 10.9 Å². The van der Waals surface area contributed by atoms with E-state index in [2.05, 4.69) is 20.8 Å². The first kappa shape index (κ1) is 21.7. The number of esters is 1. The number of hydrogen-bond donors (Lipinski definition) is 3. The molecule has 1 amide bonds. The molecule has 0 spiro atoms. The monoisotopic (exact) mass is 432 g/mol. The molecule has 0 fully saturated rings. The number of nitrogens with one attached hydrogen (secondary N) is 3. The van der Waals surface area contributed by atoms with Crippen LogP contribution in [0.3, 0.4) is 0 Å². The van der Waals surface area contributed by atoms with Gasteiger partial charge in [0.05, 0.1) is 5.52 Å². The molecule has 30 heavy (non-hydrogen) atoms. The van der Waals surface area contributed by atoms with Crippen LogP contribution in [-0.4, -0.2) is 33.2 Å². The minimum absolute atomic E-state index is 0.154. The summed E-state index contributed by atoms with van der Waals surface area (Å²) in [6.45, 7) is 10.6. The van der Waals surface area contributed by atoms with Crippen molar-refractivity contribution in [1.82, 2.24) is 15.4 Å². The molecule has 2 heterocycles. The van der Waals surface area contributed by atoms with Crippen LogP contribution in [0.2, 0.25) is 5.15 Å². The van der Waals surface area contributed by atoms with Gasteiger partial charge in [-0.25, -0.2) is 20.0 Å². The number of rotatable bonds is 3. The lowest BCUT2D eigenvalue weighted by Crippen LogP contribution is -2.36. The molecule has 3 aromatic rings. The molecule has 0 aliphatic heterocycles. The summed E-state index contributed by atoms with van der Waals surface area (Å²) >= 11 is 6.12. The number of H-pyrrole nitrogens is 1. The molecule has 0 unspecified atom stereocenters. The summed E-state index contributed by atoms with van der Waals surface area (Å²) in [6.07, 6.45) is 1.05. The molecule has 9 heteroatoms. The molecule has 0 atom stereocenters. The van der Waals surface area contributed by atoms with Crippen LogP contribution >= 0.6 is 11.6 Å². The SMILES string of the molecule is CC(C)(C)OC(=O)NNc1nc2c(ccc3c[nH]c(Cl)cc32)c1C(=O)OC(C)(C)C. The third kappa shape index (κ3) is 4.94. The second kappa shape index (κ2) is 7.68. The topological polar surface area (TPSA) is 105 Å². The minimum atomic E-state index is -0.703.